The number of fused-ring (bicyclic) bond motifs is 1. The zero-order valence-electron chi connectivity index (χ0n) is 11.8. The average Bonchev–Trinajstić information content (AvgIpc) is 2.92. The highest BCUT2D eigenvalue weighted by molar-refractivity contribution is 6.01. The molecular formula is C14H19N5O2. The molecule has 112 valence electrons. The number of allylic oxidation sites excluding steroid dienone is 1. The van der Waals surface area contributed by atoms with Crippen molar-refractivity contribution in [3.05, 3.63) is 24.0 Å². The number of nitrogens with zero attached hydrogens (tertiary/aromatic N) is 3. The molecule has 1 fully saturated rings. The van der Waals surface area contributed by atoms with Crippen LogP contribution in [0.3, 0.4) is 0 Å². The second kappa shape index (κ2) is 5.59. The molecule has 3 aliphatic rings. The lowest BCUT2D eigenvalue weighted by molar-refractivity contribution is -0.137. The Balaban J connectivity index is 1.63. The largest absolute Gasteiger partial charge is 0.398 e. The Kier molecular flexibility index (Phi) is 3.64. The number of nitrogens with two attached hydrogens (primary N) is 1. The molecule has 0 spiro atoms. The molecule has 3 rings (SSSR count). The van der Waals surface area contributed by atoms with E-state index in [1.54, 1.807) is 23.3 Å². The molecule has 0 aromatic heterocycles. The summed E-state index contributed by atoms with van der Waals surface area (Å²) < 4.78 is 0. The van der Waals surface area contributed by atoms with Crippen LogP contribution in [0.1, 0.15) is 25.7 Å². The van der Waals surface area contributed by atoms with E-state index in [9.17, 15) is 9.59 Å². The normalized spacial score (nSPS) is 22.0. The first-order chi connectivity index (χ1) is 10.1. The molecule has 2 aliphatic heterocycles. The van der Waals surface area contributed by atoms with Crippen LogP contribution in [0, 0.1) is 0 Å². The second-order valence-electron chi connectivity index (χ2n) is 5.55. The van der Waals surface area contributed by atoms with E-state index >= 15 is 0 Å². The molecule has 7 heteroatoms. The van der Waals surface area contributed by atoms with Crippen LogP contribution in [0.15, 0.2) is 29.2 Å². The number of amidine groups is 1. The quantitative estimate of drug-likeness (QED) is 0.757. The van der Waals surface area contributed by atoms with Crippen molar-refractivity contribution in [3.63, 3.8) is 0 Å². The van der Waals surface area contributed by atoms with Gasteiger partial charge in [-0.25, -0.2) is 5.01 Å². The summed E-state index contributed by atoms with van der Waals surface area (Å²) >= 11 is 0. The molecule has 0 bridgehead atoms. The van der Waals surface area contributed by atoms with Gasteiger partial charge in [-0.3, -0.25) is 9.59 Å². The van der Waals surface area contributed by atoms with Crippen molar-refractivity contribution in [1.29, 1.82) is 0 Å². The fourth-order valence-corrected chi connectivity index (χ4v) is 2.78. The van der Waals surface area contributed by atoms with E-state index in [4.69, 9.17) is 5.73 Å². The van der Waals surface area contributed by atoms with Gasteiger partial charge in [-0.05, 0) is 25.0 Å². The summed E-state index contributed by atoms with van der Waals surface area (Å²) in [6.45, 7) is 0.125. The summed E-state index contributed by atoms with van der Waals surface area (Å²) in [5.74, 6) is 0.264. The third-order valence-corrected chi connectivity index (χ3v) is 3.85. The first kappa shape index (κ1) is 13.7. The molecule has 3 N–H and O–H groups in total. The van der Waals surface area contributed by atoms with Crippen molar-refractivity contribution in [2.45, 2.75) is 31.7 Å². The number of hydrogen-bond acceptors (Lipinski definition) is 5. The second-order valence-corrected chi connectivity index (χ2v) is 5.55. The Morgan fingerprint density at radius 1 is 1.38 bits per heavy atom. The number of rotatable bonds is 3. The minimum atomic E-state index is -0.209. The smallest absolute Gasteiger partial charge is 0.263 e. The van der Waals surface area contributed by atoms with Crippen molar-refractivity contribution in [3.8, 4) is 0 Å². The standard InChI is InChI=1S/C14H19N5O2/c15-10-5-6-12-17-19(14(21)9-18(12)7-10)8-13(20)16-11-3-1-2-4-11/h5-7,11H,1-4,8-9,15H2,(H,16,20). The lowest BCUT2D eigenvalue weighted by Gasteiger charge is -2.31. The molecule has 0 atom stereocenters. The van der Waals surface area contributed by atoms with Crippen LogP contribution in [0.5, 0.6) is 0 Å². The molecule has 7 nitrogen and oxygen atoms in total. The van der Waals surface area contributed by atoms with E-state index in [1.165, 1.54) is 5.01 Å². The minimum absolute atomic E-state index is 0.0281. The minimum Gasteiger partial charge on any atom is -0.398 e. The van der Waals surface area contributed by atoms with Crippen LogP contribution in [0.4, 0.5) is 0 Å². The van der Waals surface area contributed by atoms with Gasteiger partial charge in [0.2, 0.25) is 5.91 Å². The molecule has 1 saturated carbocycles. The van der Waals surface area contributed by atoms with Crippen molar-refractivity contribution in [1.82, 2.24) is 15.2 Å². The molecule has 2 heterocycles. The maximum Gasteiger partial charge on any atom is 0.263 e. The summed E-state index contributed by atoms with van der Waals surface area (Å²) in [4.78, 5) is 25.7. The number of hydrogen-bond donors (Lipinski definition) is 2. The molecule has 2 amide bonds. The molecular weight excluding hydrogens is 270 g/mol. The monoisotopic (exact) mass is 289 g/mol. The van der Waals surface area contributed by atoms with Crippen molar-refractivity contribution in [2.75, 3.05) is 13.1 Å². The summed E-state index contributed by atoms with van der Waals surface area (Å²) in [7, 11) is 0. The van der Waals surface area contributed by atoms with E-state index in [2.05, 4.69) is 10.4 Å². The van der Waals surface area contributed by atoms with Gasteiger partial charge < -0.3 is 16.0 Å². The Bertz CT molecular complexity index is 546. The maximum absolute atomic E-state index is 12.0. The van der Waals surface area contributed by atoms with Crippen LogP contribution < -0.4 is 11.1 Å². The van der Waals surface area contributed by atoms with Crippen LogP contribution in [0.25, 0.3) is 0 Å². The van der Waals surface area contributed by atoms with Gasteiger partial charge in [0.15, 0.2) is 5.84 Å². The van der Waals surface area contributed by atoms with Crippen LogP contribution in [-0.2, 0) is 9.59 Å². The number of amides is 2. The predicted octanol–water partition coefficient (Wildman–Crippen LogP) is -0.127. The van der Waals surface area contributed by atoms with E-state index in [0.29, 0.717) is 11.5 Å². The zero-order valence-corrected chi connectivity index (χ0v) is 11.8. The summed E-state index contributed by atoms with van der Waals surface area (Å²) in [5.41, 5.74) is 6.26. The summed E-state index contributed by atoms with van der Waals surface area (Å²) in [5, 5.41) is 8.40. The molecule has 21 heavy (non-hydrogen) atoms. The Morgan fingerprint density at radius 2 is 2.14 bits per heavy atom. The number of nitrogens with one attached hydrogen (secondary N) is 1. The Labute approximate surface area is 123 Å². The van der Waals surface area contributed by atoms with Gasteiger partial charge in [-0.15, -0.1) is 0 Å². The highest BCUT2D eigenvalue weighted by atomic mass is 16.2. The van der Waals surface area contributed by atoms with Gasteiger partial charge in [-0.2, -0.15) is 5.10 Å². The van der Waals surface area contributed by atoms with E-state index in [1.807, 2.05) is 0 Å². The van der Waals surface area contributed by atoms with Crippen molar-refractivity contribution < 1.29 is 9.59 Å². The lowest BCUT2D eigenvalue weighted by atomic mass is 10.2. The van der Waals surface area contributed by atoms with Crippen LogP contribution in [-0.4, -0.2) is 46.7 Å². The SMILES string of the molecule is NC1=CN2CC(=O)N(CC(=O)NC3CCCC3)N=C2C=C1. The van der Waals surface area contributed by atoms with Gasteiger partial charge in [0.1, 0.15) is 13.1 Å². The van der Waals surface area contributed by atoms with E-state index in [-0.39, 0.29) is 30.9 Å². The fraction of sp³-hybridized carbons (Fsp3) is 0.500. The number of carbonyl (C=O) groups is 2. The van der Waals surface area contributed by atoms with Crippen LogP contribution >= 0.6 is 0 Å². The number of hydrazone groups is 1. The van der Waals surface area contributed by atoms with Gasteiger partial charge in [-0.1, -0.05) is 12.8 Å². The van der Waals surface area contributed by atoms with Gasteiger partial charge >= 0.3 is 0 Å². The highest BCUT2D eigenvalue weighted by Crippen LogP contribution is 2.18. The third-order valence-electron chi connectivity index (χ3n) is 3.85. The van der Waals surface area contributed by atoms with Gasteiger partial charge in [0, 0.05) is 17.9 Å². The van der Waals surface area contributed by atoms with Crippen molar-refractivity contribution >= 4 is 17.6 Å². The Morgan fingerprint density at radius 3 is 2.90 bits per heavy atom. The van der Waals surface area contributed by atoms with E-state index in [0.717, 1.165) is 25.7 Å². The average molecular weight is 289 g/mol. The summed E-state index contributed by atoms with van der Waals surface area (Å²) in [6, 6.07) is 0.249. The fourth-order valence-electron chi connectivity index (χ4n) is 2.78. The first-order valence-electron chi connectivity index (χ1n) is 7.22. The maximum atomic E-state index is 12.0. The molecule has 1 aliphatic carbocycles. The van der Waals surface area contributed by atoms with Crippen LogP contribution in [0.2, 0.25) is 0 Å². The number of carbonyl (C=O) groups excluding carboxylic acids is 2. The first-order valence-corrected chi connectivity index (χ1v) is 7.22. The zero-order chi connectivity index (χ0) is 14.8. The molecule has 0 aromatic carbocycles. The van der Waals surface area contributed by atoms with E-state index < -0.39 is 0 Å². The molecule has 0 saturated heterocycles. The lowest BCUT2D eigenvalue weighted by Crippen LogP contribution is -2.49. The van der Waals surface area contributed by atoms with Gasteiger partial charge in [0.25, 0.3) is 5.91 Å². The molecule has 0 unspecified atom stereocenters. The Hall–Kier alpha value is -2.31. The molecule has 0 radical (unpaired) electrons. The topological polar surface area (TPSA) is 91.0 Å². The molecule has 0 aromatic rings. The summed E-state index contributed by atoms with van der Waals surface area (Å²) in [6.07, 6.45) is 9.49. The van der Waals surface area contributed by atoms with Crippen molar-refractivity contribution in [2.24, 2.45) is 10.8 Å². The predicted molar refractivity (Wildman–Crippen MR) is 77.7 cm³/mol. The van der Waals surface area contributed by atoms with Gasteiger partial charge in [0.05, 0.1) is 0 Å². The highest BCUT2D eigenvalue weighted by Gasteiger charge is 2.28. The third kappa shape index (κ3) is 3.07.